The Bertz CT molecular complexity index is 113. The maximum atomic E-state index is 3.70. The molecule has 0 amide bonds. The summed E-state index contributed by atoms with van der Waals surface area (Å²) in [5.41, 5.74) is 1.11. The van der Waals surface area contributed by atoms with Crippen molar-refractivity contribution in [3.63, 3.8) is 0 Å². The van der Waals surface area contributed by atoms with E-state index in [2.05, 4.69) is 10.2 Å². The van der Waals surface area contributed by atoms with Gasteiger partial charge < -0.3 is 0 Å². The summed E-state index contributed by atoms with van der Waals surface area (Å²) in [5.74, 6) is 0. The minimum Gasteiger partial charge on any atom is -0.283 e. The summed E-state index contributed by atoms with van der Waals surface area (Å²) in [6.07, 6.45) is 1.73. The molecule has 0 saturated carbocycles. The van der Waals surface area contributed by atoms with Crippen LogP contribution in [0.3, 0.4) is 0 Å². The fourth-order valence-electron chi connectivity index (χ4n) is 0.325. The number of nitrogens with one attached hydrogen (secondary N) is 1. The maximum absolute atomic E-state index is 3.70. The molecule has 35 valence electrons. The van der Waals surface area contributed by atoms with E-state index in [4.69, 9.17) is 0 Å². The van der Waals surface area contributed by atoms with Crippen molar-refractivity contribution < 1.29 is 32.7 Å². The van der Waals surface area contributed by atoms with E-state index in [0.29, 0.717) is 0 Å². The number of nitrogens with zero attached hydrogens (tertiary/aromatic N) is 1. The van der Waals surface area contributed by atoms with E-state index >= 15 is 0 Å². The van der Waals surface area contributed by atoms with Gasteiger partial charge in [-0.15, -0.1) is 0 Å². The zero-order valence-electron chi connectivity index (χ0n) is 4.18. The molecule has 0 spiro atoms. The summed E-state index contributed by atoms with van der Waals surface area (Å²) >= 11 is 0. The second-order valence-electron chi connectivity index (χ2n) is 1.24. The molecule has 0 unspecified atom stereocenters. The molecule has 0 aliphatic heterocycles. The molecule has 0 atom stereocenters. The van der Waals surface area contributed by atoms with Crippen LogP contribution in [0.2, 0.25) is 0 Å². The maximum Gasteiger partial charge on any atom is 0.0489 e. The molecule has 2 nitrogen and oxygen atoms in total. The minimum atomic E-state index is 0. The van der Waals surface area contributed by atoms with Crippen LogP contribution in [-0.4, -0.2) is 10.2 Å². The van der Waals surface area contributed by atoms with Crippen LogP contribution in [-0.2, 0) is 32.7 Å². The predicted molar refractivity (Wildman–Crippen MR) is 23.3 cm³/mol. The van der Waals surface area contributed by atoms with Gasteiger partial charge in [0.05, 0.1) is 0 Å². The third-order valence-electron chi connectivity index (χ3n) is 0.640. The molecule has 0 aliphatic carbocycles. The van der Waals surface area contributed by atoms with E-state index in [9.17, 15) is 0 Å². The molecule has 1 aromatic heterocycles. The molecule has 0 fully saturated rings. The van der Waals surface area contributed by atoms with Crippen LogP contribution < -0.4 is 0 Å². The van der Waals surface area contributed by atoms with Crippen molar-refractivity contribution in [2.24, 2.45) is 0 Å². The second-order valence-corrected chi connectivity index (χ2v) is 1.24. The molecular weight excluding hydrogens is 165 g/mol. The summed E-state index contributed by atoms with van der Waals surface area (Å²) in [4.78, 5) is 0. The fourth-order valence-corrected chi connectivity index (χ4v) is 0.325. The normalized spacial score (nSPS) is 7.57. The molecule has 0 bridgehead atoms. The average molecular weight is 171 g/mol. The van der Waals surface area contributed by atoms with Crippen molar-refractivity contribution in [2.75, 3.05) is 0 Å². The topological polar surface area (TPSA) is 28.7 Å². The van der Waals surface area contributed by atoms with Crippen LogP contribution >= 0.6 is 0 Å². The molecule has 1 rings (SSSR count). The first-order valence-electron chi connectivity index (χ1n) is 1.85. The largest absolute Gasteiger partial charge is 0.283 e. The Balaban J connectivity index is 0.000000360. The first-order chi connectivity index (χ1) is 2.89. The van der Waals surface area contributed by atoms with Gasteiger partial charge in [0.25, 0.3) is 0 Å². The summed E-state index contributed by atoms with van der Waals surface area (Å²) in [5, 5.41) is 6.45. The van der Waals surface area contributed by atoms with E-state index in [-0.39, 0.29) is 32.7 Å². The second kappa shape index (κ2) is 3.33. The first kappa shape index (κ1) is 7.31. The Hall–Kier alpha value is 0.314. The molecule has 7 heavy (non-hydrogen) atoms. The monoisotopic (exact) mass is 171 g/mol. The van der Waals surface area contributed by atoms with E-state index in [0.717, 1.165) is 5.69 Å². The summed E-state index contributed by atoms with van der Waals surface area (Å²) < 4.78 is 0. The quantitative estimate of drug-likeness (QED) is 0.611. The van der Waals surface area contributed by atoms with E-state index in [1.165, 1.54) is 0 Å². The van der Waals surface area contributed by atoms with Crippen molar-refractivity contribution in [3.8, 4) is 0 Å². The van der Waals surface area contributed by atoms with Crippen LogP contribution in [0, 0.1) is 6.92 Å². The smallest absolute Gasteiger partial charge is 0.0489 e. The Kier molecular flexibility index (Phi) is 3.48. The molecule has 1 N–H and O–H groups in total. The van der Waals surface area contributed by atoms with E-state index in [1.54, 1.807) is 6.20 Å². The van der Waals surface area contributed by atoms with Gasteiger partial charge in [-0.05, 0) is 13.0 Å². The van der Waals surface area contributed by atoms with Crippen molar-refractivity contribution in [1.82, 2.24) is 10.2 Å². The molecule has 3 heteroatoms. The SMILES string of the molecule is Cc1ccn[nH]1.[Y]. The number of aryl methyl sites for hydroxylation is 1. The minimum absolute atomic E-state index is 0. The summed E-state index contributed by atoms with van der Waals surface area (Å²) in [6, 6.07) is 1.92. The number of rotatable bonds is 0. The van der Waals surface area contributed by atoms with Gasteiger partial charge in [0.15, 0.2) is 0 Å². The Labute approximate surface area is 67.6 Å². The molecular formula is C4H6N2Y. The number of aromatic nitrogens is 2. The van der Waals surface area contributed by atoms with Gasteiger partial charge in [0.1, 0.15) is 0 Å². The molecule has 0 saturated heterocycles. The molecule has 1 aromatic rings. The Morgan fingerprint density at radius 3 is 2.57 bits per heavy atom. The average Bonchev–Trinajstić information content (AvgIpc) is 1.86. The van der Waals surface area contributed by atoms with Crippen molar-refractivity contribution in [3.05, 3.63) is 18.0 Å². The van der Waals surface area contributed by atoms with Crippen molar-refractivity contribution >= 4 is 0 Å². The standard InChI is InChI=1S/C4H6N2.Y/c1-4-2-3-5-6-4;/h2-3H,1H3,(H,5,6);. The van der Waals surface area contributed by atoms with Gasteiger partial charge in [-0.3, -0.25) is 5.10 Å². The van der Waals surface area contributed by atoms with Gasteiger partial charge in [0, 0.05) is 44.6 Å². The number of hydrogen-bond donors (Lipinski definition) is 1. The molecule has 1 radical (unpaired) electrons. The van der Waals surface area contributed by atoms with Gasteiger partial charge in [-0.1, -0.05) is 0 Å². The zero-order valence-corrected chi connectivity index (χ0v) is 7.02. The van der Waals surface area contributed by atoms with Crippen LogP contribution in [0.1, 0.15) is 5.69 Å². The van der Waals surface area contributed by atoms with Crippen LogP contribution in [0.25, 0.3) is 0 Å². The number of aromatic amines is 1. The number of H-pyrrole nitrogens is 1. The summed E-state index contributed by atoms with van der Waals surface area (Å²) in [6.45, 7) is 1.97. The van der Waals surface area contributed by atoms with Crippen LogP contribution in [0.15, 0.2) is 12.3 Å². The molecule has 1 heterocycles. The Morgan fingerprint density at radius 2 is 2.43 bits per heavy atom. The van der Waals surface area contributed by atoms with Gasteiger partial charge >= 0.3 is 0 Å². The van der Waals surface area contributed by atoms with Crippen molar-refractivity contribution in [2.45, 2.75) is 6.92 Å². The molecule has 0 aromatic carbocycles. The fraction of sp³-hybridized carbons (Fsp3) is 0.250. The molecule has 0 aliphatic rings. The van der Waals surface area contributed by atoms with Crippen molar-refractivity contribution in [1.29, 1.82) is 0 Å². The predicted octanol–water partition coefficient (Wildman–Crippen LogP) is 0.716. The summed E-state index contributed by atoms with van der Waals surface area (Å²) in [7, 11) is 0. The third-order valence-corrected chi connectivity index (χ3v) is 0.640. The van der Waals surface area contributed by atoms with E-state index in [1.807, 2.05) is 13.0 Å². The third kappa shape index (κ3) is 2.20. The zero-order chi connectivity index (χ0) is 4.41. The van der Waals surface area contributed by atoms with Gasteiger partial charge in [-0.2, -0.15) is 5.10 Å². The van der Waals surface area contributed by atoms with Crippen LogP contribution in [0.5, 0.6) is 0 Å². The van der Waals surface area contributed by atoms with Gasteiger partial charge in [-0.25, -0.2) is 0 Å². The van der Waals surface area contributed by atoms with Crippen LogP contribution in [0.4, 0.5) is 0 Å². The van der Waals surface area contributed by atoms with E-state index < -0.39 is 0 Å². The number of hydrogen-bond acceptors (Lipinski definition) is 1. The Morgan fingerprint density at radius 1 is 1.71 bits per heavy atom. The first-order valence-corrected chi connectivity index (χ1v) is 1.85. The van der Waals surface area contributed by atoms with Gasteiger partial charge in [0.2, 0.25) is 0 Å².